The molecule has 0 bridgehead atoms. The van der Waals surface area contributed by atoms with Crippen LogP contribution < -0.4 is 0 Å². The molecule has 1 atom stereocenters. The van der Waals surface area contributed by atoms with Gasteiger partial charge < -0.3 is 4.74 Å². The van der Waals surface area contributed by atoms with Gasteiger partial charge in [-0.15, -0.1) is 0 Å². The van der Waals surface area contributed by atoms with Gasteiger partial charge in [0.2, 0.25) is 0 Å². The van der Waals surface area contributed by atoms with Gasteiger partial charge in [0.05, 0.1) is 6.10 Å². The highest BCUT2D eigenvalue weighted by Gasteiger charge is 2.15. The number of methoxy groups -OCH3 is 1. The van der Waals surface area contributed by atoms with Gasteiger partial charge in [-0.05, 0) is 17.6 Å². The summed E-state index contributed by atoms with van der Waals surface area (Å²) >= 11 is 0. The second kappa shape index (κ2) is 2.67. The molecule has 0 aromatic carbocycles. The summed E-state index contributed by atoms with van der Waals surface area (Å²) in [5.74, 6) is 0. The summed E-state index contributed by atoms with van der Waals surface area (Å²) in [4.78, 5) is 0. The van der Waals surface area contributed by atoms with Gasteiger partial charge in [0, 0.05) is 13.5 Å². The Labute approximate surface area is 67.1 Å². The largest absolute Gasteiger partial charge is 0.377 e. The van der Waals surface area contributed by atoms with E-state index in [0.717, 1.165) is 12.8 Å². The average molecular weight is 148 g/mol. The van der Waals surface area contributed by atoms with Gasteiger partial charge in [-0.1, -0.05) is 24.3 Å². The third-order valence-electron chi connectivity index (χ3n) is 2.31. The Morgan fingerprint density at radius 3 is 3.09 bits per heavy atom. The number of rotatable bonds is 1. The van der Waals surface area contributed by atoms with Gasteiger partial charge in [-0.2, -0.15) is 0 Å². The lowest BCUT2D eigenvalue weighted by Gasteiger charge is -2.16. The van der Waals surface area contributed by atoms with Crippen molar-refractivity contribution in [3.8, 4) is 0 Å². The molecule has 0 amide bonds. The molecule has 1 nitrogen and oxygen atoms in total. The van der Waals surface area contributed by atoms with Gasteiger partial charge in [-0.25, -0.2) is 0 Å². The first kappa shape index (κ1) is 6.86. The minimum atomic E-state index is 0.302. The molecular weight excluding hydrogens is 136 g/mol. The first-order valence-electron chi connectivity index (χ1n) is 3.99. The summed E-state index contributed by atoms with van der Waals surface area (Å²) in [7, 11) is 1.76. The fourth-order valence-corrected chi connectivity index (χ4v) is 1.61. The lowest BCUT2D eigenvalue weighted by molar-refractivity contribution is 0.140. The van der Waals surface area contributed by atoms with E-state index in [4.69, 9.17) is 4.74 Å². The molecule has 1 unspecified atom stereocenters. The van der Waals surface area contributed by atoms with E-state index in [-0.39, 0.29) is 0 Å². The molecule has 0 heterocycles. The molecule has 11 heavy (non-hydrogen) atoms. The van der Waals surface area contributed by atoms with Crippen molar-refractivity contribution in [2.24, 2.45) is 0 Å². The predicted octanol–water partition coefficient (Wildman–Crippen LogP) is 2.22. The van der Waals surface area contributed by atoms with Gasteiger partial charge >= 0.3 is 0 Å². The van der Waals surface area contributed by atoms with Crippen LogP contribution in [0.25, 0.3) is 0 Å². The number of hydrogen-bond acceptors (Lipinski definition) is 1. The minimum Gasteiger partial charge on any atom is -0.377 e. The molecule has 58 valence electrons. The molecule has 0 saturated heterocycles. The number of ether oxygens (including phenoxy) is 1. The molecule has 2 aliphatic rings. The van der Waals surface area contributed by atoms with Crippen LogP contribution in [-0.4, -0.2) is 13.2 Å². The van der Waals surface area contributed by atoms with Gasteiger partial charge in [-0.3, -0.25) is 0 Å². The molecule has 2 rings (SSSR count). The van der Waals surface area contributed by atoms with Crippen LogP contribution in [0.15, 0.2) is 35.5 Å². The highest BCUT2D eigenvalue weighted by atomic mass is 16.5. The van der Waals surface area contributed by atoms with E-state index in [1.165, 1.54) is 11.1 Å². The minimum absolute atomic E-state index is 0.302. The smallest absolute Gasteiger partial charge is 0.0795 e. The molecular formula is C10H12O. The monoisotopic (exact) mass is 148 g/mol. The summed E-state index contributed by atoms with van der Waals surface area (Å²) in [5, 5.41) is 0. The summed E-state index contributed by atoms with van der Waals surface area (Å²) in [6.07, 6.45) is 11.2. The Kier molecular flexibility index (Phi) is 1.66. The molecule has 0 aromatic heterocycles. The highest BCUT2D eigenvalue weighted by Crippen LogP contribution is 2.28. The van der Waals surface area contributed by atoms with Crippen molar-refractivity contribution in [1.82, 2.24) is 0 Å². The predicted molar refractivity (Wildman–Crippen MR) is 45.3 cm³/mol. The van der Waals surface area contributed by atoms with E-state index >= 15 is 0 Å². The second-order valence-electron chi connectivity index (χ2n) is 2.99. The van der Waals surface area contributed by atoms with Crippen molar-refractivity contribution in [2.75, 3.05) is 7.11 Å². The molecule has 0 spiro atoms. The molecule has 0 aliphatic heterocycles. The van der Waals surface area contributed by atoms with Crippen LogP contribution in [-0.2, 0) is 4.74 Å². The first-order valence-corrected chi connectivity index (χ1v) is 3.99. The van der Waals surface area contributed by atoms with Crippen LogP contribution in [0, 0.1) is 0 Å². The maximum absolute atomic E-state index is 5.24. The maximum Gasteiger partial charge on any atom is 0.0795 e. The van der Waals surface area contributed by atoms with Crippen molar-refractivity contribution in [1.29, 1.82) is 0 Å². The van der Waals surface area contributed by atoms with Crippen LogP contribution in [0.3, 0.4) is 0 Å². The Morgan fingerprint density at radius 2 is 2.27 bits per heavy atom. The van der Waals surface area contributed by atoms with Gasteiger partial charge in [0.25, 0.3) is 0 Å². The third kappa shape index (κ3) is 1.16. The summed E-state index contributed by atoms with van der Waals surface area (Å²) in [6.45, 7) is 0. The van der Waals surface area contributed by atoms with Crippen LogP contribution in [0.4, 0.5) is 0 Å². The lowest BCUT2D eigenvalue weighted by Crippen LogP contribution is -2.10. The fourth-order valence-electron chi connectivity index (χ4n) is 1.61. The molecule has 0 N–H and O–H groups in total. The summed E-state index contributed by atoms with van der Waals surface area (Å²) in [6, 6.07) is 0. The summed E-state index contributed by atoms with van der Waals surface area (Å²) in [5.41, 5.74) is 2.93. The van der Waals surface area contributed by atoms with E-state index in [1.807, 2.05) is 0 Å². The highest BCUT2D eigenvalue weighted by molar-refractivity contribution is 5.43. The van der Waals surface area contributed by atoms with Crippen molar-refractivity contribution in [3.05, 3.63) is 35.5 Å². The number of hydrogen-bond donors (Lipinski definition) is 0. The zero-order chi connectivity index (χ0) is 7.68. The molecule has 0 fully saturated rings. The van der Waals surface area contributed by atoms with E-state index in [1.54, 1.807) is 7.11 Å². The van der Waals surface area contributed by atoms with Crippen molar-refractivity contribution >= 4 is 0 Å². The van der Waals surface area contributed by atoms with Crippen LogP contribution in [0.5, 0.6) is 0 Å². The van der Waals surface area contributed by atoms with E-state index < -0.39 is 0 Å². The van der Waals surface area contributed by atoms with E-state index in [0.29, 0.717) is 6.10 Å². The maximum atomic E-state index is 5.24. The Hall–Kier alpha value is -0.820. The zero-order valence-electron chi connectivity index (χ0n) is 6.71. The standard InChI is InChI=1S/C10H12O/c1-11-10-6-5-8-3-2-4-9(8)7-10/h2,4-6,10H,3,7H2,1H3. The van der Waals surface area contributed by atoms with Gasteiger partial charge in [0.1, 0.15) is 0 Å². The van der Waals surface area contributed by atoms with E-state index in [2.05, 4.69) is 24.3 Å². The van der Waals surface area contributed by atoms with E-state index in [9.17, 15) is 0 Å². The normalized spacial score (nSPS) is 27.9. The molecule has 0 aromatic rings. The van der Waals surface area contributed by atoms with Crippen molar-refractivity contribution in [3.63, 3.8) is 0 Å². The Bertz CT molecular complexity index is 246. The van der Waals surface area contributed by atoms with Gasteiger partial charge in [0.15, 0.2) is 0 Å². The summed E-state index contributed by atoms with van der Waals surface area (Å²) < 4.78 is 5.24. The zero-order valence-corrected chi connectivity index (χ0v) is 6.71. The topological polar surface area (TPSA) is 9.23 Å². The third-order valence-corrected chi connectivity index (χ3v) is 2.31. The fraction of sp³-hybridized carbons (Fsp3) is 0.400. The van der Waals surface area contributed by atoms with Crippen LogP contribution >= 0.6 is 0 Å². The molecule has 2 aliphatic carbocycles. The first-order chi connectivity index (χ1) is 5.40. The van der Waals surface area contributed by atoms with Crippen molar-refractivity contribution in [2.45, 2.75) is 18.9 Å². The lowest BCUT2D eigenvalue weighted by atomic mass is 9.98. The second-order valence-corrected chi connectivity index (χ2v) is 2.99. The molecule has 0 radical (unpaired) electrons. The Balaban J connectivity index is 2.17. The molecule has 0 saturated carbocycles. The Morgan fingerprint density at radius 1 is 1.36 bits per heavy atom. The SMILES string of the molecule is COC1C=CC2=C(C=CC2)C1. The molecule has 1 heteroatoms. The average Bonchev–Trinajstić information content (AvgIpc) is 2.50. The van der Waals surface area contributed by atoms with Crippen molar-refractivity contribution < 1.29 is 4.74 Å². The number of allylic oxidation sites excluding steroid dienone is 4. The van der Waals surface area contributed by atoms with Crippen LogP contribution in [0.1, 0.15) is 12.8 Å². The quantitative estimate of drug-likeness (QED) is 0.554. The van der Waals surface area contributed by atoms with Crippen LogP contribution in [0.2, 0.25) is 0 Å².